The molecule has 5 heteroatoms. The number of benzene rings is 1. The lowest BCUT2D eigenvalue weighted by molar-refractivity contribution is 0.102. The number of hydrogen-bond acceptors (Lipinski definition) is 2. The van der Waals surface area contributed by atoms with Gasteiger partial charge in [0.25, 0.3) is 5.91 Å². The van der Waals surface area contributed by atoms with Gasteiger partial charge < -0.3 is 5.32 Å². The van der Waals surface area contributed by atoms with E-state index in [1.807, 2.05) is 31.2 Å². The Labute approximate surface area is 110 Å². The summed E-state index contributed by atoms with van der Waals surface area (Å²) in [6, 6.07) is 7.49. The van der Waals surface area contributed by atoms with Crippen LogP contribution < -0.4 is 5.32 Å². The number of aryl methyl sites for hydroxylation is 1. The van der Waals surface area contributed by atoms with Gasteiger partial charge in [-0.1, -0.05) is 18.2 Å². The molecule has 1 heterocycles. The number of carbonyl (C=O) groups is 1. The minimum Gasteiger partial charge on any atom is -0.322 e. The maximum Gasteiger partial charge on any atom is 0.259 e. The average molecular weight is 264 g/mol. The number of aromatic amines is 1. The van der Waals surface area contributed by atoms with E-state index in [4.69, 9.17) is 11.6 Å². The molecule has 1 aromatic carbocycles. The van der Waals surface area contributed by atoms with Crippen LogP contribution in [0.4, 0.5) is 5.69 Å². The van der Waals surface area contributed by atoms with Crippen LogP contribution in [0.5, 0.6) is 0 Å². The van der Waals surface area contributed by atoms with E-state index in [2.05, 4.69) is 15.5 Å². The van der Waals surface area contributed by atoms with Crippen LogP contribution >= 0.6 is 11.6 Å². The number of anilines is 1. The van der Waals surface area contributed by atoms with Crippen molar-refractivity contribution in [3.05, 3.63) is 47.3 Å². The van der Waals surface area contributed by atoms with E-state index in [0.29, 0.717) is 5.56 Å². The van der Waals surface area contributed by atoms with Gasteiger partial charge in [-0.05, 0) is 25.5 Å². The molecule has 1 unspecified atom stereocenters. The number of alkyl halides is 1. The fourth-order valence-corrected chi connectivity index (χ4v) is 1.92. The van der Waals surface area contributed by atoms with Crippen molar-refractivity contribution in [3.63, 3.8) is 0 Å². The second-order valence-corrected chi connectivity index (χ2v) is 4.72. The van der Waals surface area contributed by atoms with E-state index in [1.54, 1.807) is 6.92 Å². The van der Waals surface area contributed by atoms with Gasteiger partial charge >= 0.3 is 0 Å². The Morgan fingerprint density at radius 2 is 2.17 bits per heavy atom. The minimum atomic E-state index is -0.189. The van der Waals surface area contributed by atoms with E-state index in [1.165, 1.54) is 6.20 Å². The summed E-state index contributed by atoms with van der Waals surface area (Å²) in [5.74, 6) is -0.189. The van der Waals surface area contributed by atoms with Crippen molar-refractivity contribution in [2.45, 2.75) is 19.2 Å². The number of amides is 1. The summed E-state index contributed by atoms with van der Waals surface area (Å²) in [5, 5.41) is 9.26. The van der Waals surface area contributed by atoms with Gasteiger partial charge in [-0.25, -0.2) is 0 Å². The van der Waals surface area contributed by atoms with E-state index in [-0.39, 0.29) is 11.3 Å². The van der Waals surface area contributed by atoms with Gasteiger partial charge in [-0.2, -0.15) is 5.10 Å². The second kappa shape index (κ2) is 5.23. The molecule has 0 spiro atoms. The molecule has 0 saturated heterocycles. The van der Waals surface area contributed by atoms with Crippen LogP contribution in [-0.2, 0) is 0 Å². The number of aromatic nitrogens is 2. The molecule has 0 aliphatic rings. The largest absolute Gasteiger partial charge is 0.322 e. The first-order chi connectivity index (χ1) is 8.59. The number of nitrogens with one attached hydrogen (secondary N) is 2. The highest BCUT2D eigenvalue weighted by Crippen LogP contribution is 2.27. The van der Waals surface area contributed by atoms with Gasteiger partial charge in [0.2, 0.25) is 0 Å². The molecule has 94 valence electrons. The van der Waals surface area contributed by atoms with Gasteiger partial charge in [-0.15, -0.1) is 11.6 Å². The van der Waals surface area contributed by atoms with Crippen LogP contribution in [0.25, 0.3) is 0 Å². The van der Waals surface area contributed by atoms with Crippen LogP contribution in [0.1, 0.15) is 33.9 Å². The van der Waals surface area contributed by atoms with Gasteiger partial charge in [0.15, 0.2) is 0 Å². The maximum atomic E-state index is 12.1. The van der Waals surface area contributed by atoms with Crippen LogP contribution in [0.2, 0.25) is 0 Å². The highest BCUT2D eigenvalue weighted by atomic mass is 35.5. The second-order valence-electron chi connectivity index (χ2n) is 4.07. The summed E-state index contributed by atoms with van der Waals surface area (Å²) in [7, 11) is 0. The number of rotatable bonds is 3. The van der Waals surface area contributed by atoms with Gasteiger partial charge in [0.05, 0.1) is 17.1 Å². The number of halogens is 1. The Morgan fingerprint density at radius 3 is 2.78 bits per heavy atom. The molecule has 1 aromatic heterocycles. The molecule has 4 nitrogen and oxygen atoms in total. The van der Waals surface area contributed by atoms with Crippen molar-refractivity contribution in [3.8, 4) is 0 Å². The molecule has 0 aliphatic carbocycles. The van der Waals surface area contributed by atoms with Crippen LogP contribution in [0.15, 0.2) is 30.5 Å². The van der Waals surface area contributed by atoms with Crippen LogP contribution in [0.3, 0.4) is 0 Å². The number of carbonyl (C=O) groups excluding carboxylic acids is 1. The SMILES string of the molecule is Cc1[nH]ncc1C(=O)Nc1ccccc1C(C)Cl. The molecule has 2 rings (SSSR count). The first-order valence-corrected chi connectivity index (χ1v) is 6.07. The maximum absolute atomic E-state index is 12.1. The predicted octanol–water partition coefficient (Wildman–Crippen LogP) is 3.27. The molecule has 0 radical (unpaired) electrons. The molecule has 0 bridgehead atoms. The first-order valence-electron chi connectivity index (χ1n) is 5.64. The van der Waals surface area contributed by atoms with Gasteiger partial charge in [0.1, 0.15) is 0 Å². The zero-order valence-corrected chi connectivity index (χ0v) is 11.0. The molecule has 2 aromatic rings. The number of nitrogens with zero attached hydrogens (tertiary/aromatic N) is 1. The van der Waals surface area contributed by atoms with Crippen molar-refractivity contribution in [1.29, 1.82) is 0 Å². The third-order valence-electron chi connectivity index (χ3n) is 2.71. The predicted molar refractivity (Wildman–Crippen MR) is 72.0 cm³/mol. The Balaban J connectivity index is 2.25. The number of hydrogen-bond donors (Lipinski definition) is 2. The number of para-hydroxylation sites is 1. The van der Waals surface area contributed by atoms with Crippen molar-refractivity contribution in [2.75, 3.05) is 5.32 Å². The Bertz CT molecular complexity index is 563. The van der Waals surface area contributed by atoms with E-state index < -0.39 is 0 Å². The van der Waals surface area contributed by atoms with Gasteiger partial charge in [-0.3, -0.25) is 9.89 Å². The standard InChI is InChI=1S/C13H14ClN3O/c1-8(14)10-5-3-4-6-12(10)16-13(18)11-7-15-17-9(11)2/h3-8H,1-2H3,(H,15,17)(H,16,18). The van der Waals surface area contributed by atoms with Crippen molar-refractivity contribution >= 4 is 23.2 Å². The summed E-state index contributed by atoms with van der Waals surface area (Å²) >= 11 is 6.08. The zero-order chi connectivity index (χ0) is 13.1. The summed E-state index contributed by atoms with van der Waals surface area (Å²) in [4.78, 5) is 12.1. The third kappa shape index (κ3) is 2.54. The fraction of sp³-hybridized carbons (Fsp3) is 0.231. The first kappa shape index (κ1) is 12.6. The summed E-state index contributed by atoms with van der Waals surface area (Å²) in [6.45, 7) is 3.67. The van der Waals surface area contributed by atoms with Crippen molar-refractivity contribution < 1.29 is 4.79 Å². The molecule has 0 fully saturated rings. The highest BCUT2D eigenvalue weighted by molar-refractivity contribution is 6.21. The van der Waals surface area contributed by atoms with E-state index in [9.17, 15) is 4.79 Å². The summed E-state index contributed by atoms with van der Waals surface area (Å²) in [5.41, 5.74) is 2.90. The highest BCUT2D eigenvalue weighted by Gasteiger charge is 2.14. The third-order valence-corrected chi connectivity index (χ3v) is 2.95. The van der Waals surface area contributed by atoms with Crippen molar-refractivity contribution in [1.82, 2.24) is 10.2 Å². The van der Waals surface area contributed by atoms with E-state index >= 15 is 0 Å². The summed E-state index contributed by atoms with van der Waals surface area (Å²) < 4.78 is 0. The zero-order valence-electron chi connectivity index (χ0n) is 10.2. The molecule has 1 amide bonds. The molecular weight excluding hydrogens is 250 g/mol. The molecule has 1 atom stereocenters. The van der Waals surface area contributed by atoms with Crippen molar-refractivity contribution in [2.24, 2.45) is 0 Å². The molecule has 0 aliphatic heterocycles. The monoisotopic (exact) mass is 263 g/mol. The Hall–Kier alpha value is -1.81. The lowest BCUT2D eigenvalue weighted by Gasteiger charge is -2.12. The topological polar surface area (TPSA) is 57.8 Å². The smallest absolute Gasteiger partial charge is 0.259 e. The molecule has 0 saturated carbocycles. The van der Waals surface area contributed by atoms with Crippen LogP contribution in [0, 0.1) is 6.92 Å². The molecule has 18 heavy (non-hydrogen) atoms. The Kier molecular flexibility index (Phi) is 3.67. The lowest BCUT2D eigenvalue weighted by atomic mass is 10.1. The number of H-pyrrole nitrogens is 1. The quantitative estimate of drug-likeness (QED) is 0.835. The minimum absolute atomic E-state index is 0.160. The molecular formula is C13H14ClN3O. The Morgan fingerprint density at radius 1 is 1.44 bits per heavy atom. The van der Waals surface area contributed by atoms with Gasteiger partial charge in [0, 0.05) is 11.4 Å². The summed E-state index contributed by atoms with van der Waals surface area (Å²) in [6.07, 6.45) is 1.51. The van der Waals surface area contributed by atoms with E-state index in [0.717, 1.165) is 16.9 Å². The fourth-order valence-electron chi connectivity index (χ4n) is 1.73. The average Bonchev–Trinajstić information content (AvgIpc) is 2.76. The molecule has 2 N–H and O–H groups in total. The lowest BCUT2D eigenvalue weighted by Crippen LogP contribution is -2.13. The normalized spacial score (nSPS) is 12.2. The van der Waals surface area contributed by atoms with Crippen LogP contribution in [-0.4, -0.2) is 16.1 Å².